The zero-order valence-corrected chi connectivity index (χ0v) is 12.1. The van der Waals surface area contributed by atoms with Gasteiger partial charge >= 0.3 is 0 Å². The second kappa shape index (κ2) is 6.08. The first-order chi connectivity index (χ1) is 9.13. The van der Waals surface area contributed by atoms with E-state index in [0.29, 0.717) is 5.11 Å². The maximum atomic E-state index is 5.70. The first kappa shape index (κ1) is 13.9. The van der Waals surface area contributed by atoms with Crippen LogP contribution in [0.1, 0.15) is 37.7 Å². The third-order valence-corrected chi connectivity index (χ3v) is 3.85. The van der Waals surface area contributed by atoms with Crippen molar-refractivity contribution in [3.63, 3.8) is 0 Å². The standard InChI is InChI=1S/C16H20N2S/c1-3-16(11-5-4-6-12-16)18-15(19)17-14-9-7-13(2)8-10-14/h1,7-10H,4-6,11-12H2,2H3,(H2,17,18,19). The van der Waals surface area contributed by atoms with Crippen LogP contribution in [0.3, 0.4) is 0 Å². The normalized spacial score (nSPS) is 17.3. The topological polar surface area (TPSA) is 24.1 Å². The molecule has 0 atom stereocenters. The molecule has 1 saturated carbocycles. The predicted octanol–water partition coefficient (Wildman–Crippen LogP) is 3.62. The minimum Gasteiger partial charge on any atom is -0.346 e. The van der Waals surface area contributed by atoms with Crippen LogP contribution in [-0.2, 0) is 0 Å². The molecule has 1 aliphatic carbocycles. The molecule has 0 aromatic heterocycles. The van der Waals surface area contributed by atoms with E-state index in [1.807, 2.05) is 12.1 Å². The number of terminal acetylenes is 1. The highest BCUT2D eigenvalue weighted by Crippen LogP contribution is 2.27. The predicted molar refractivity (Wildman–Crippen MR) is 85.2 cm³/mol. The number of hydrogen-bond acceptors (Lipinski definition) is 1. The Morgan fingerprint density at radius 2 is 1.84 bits per heavy atom. The van der Waals surface area contributed by atoms with E-state index in [1.54, 1.807) is 0 Å². The lowest BCUT2D eigenvalue weighted by molar-refractivity contribution is 0.341. The Hall–Kier alpha value is -1.53. The molecule has 0 bridgehead atoms. The van der Waals surface area contributed by atoms with Crippen molar-refractivity contribution < 1.29 is 0 Å². The van der Waals surface area contributed by atoms with Gasteiger partial charge in [-0.1, -0.05) is 42.9 Å². The van der Waals surface area contributed by atoms with E-state index in [4.69, 9.17) is 18.6 Å². The maximum Gasteiger partial charge on any atom is 0.171 e. The van der Waals surface area contributed by atoms with Crippen molar-refractivity contribution >= 4 is 23.0 Å². The fraction of sp³-hybridized carbons (Fsp3) is 0.438. The Kier molecular flexibility index (Phi) is 4.44. The van der Waals surface area contributed by atoms with E-state index < -0.39 is 0 Å². The van der Waals surface area contributed by atoms with Crippen molar-refractivity contribution in [2.45, 2.75) is 44.6 Å². The Morgan fingerprint density at radius 3 is 2.42 bits per heavy atom. The smallest absolute Gasteiger partial charge is 0.171 e. The molecular formula is C16H20N2S. The zero-order valence-electron chi connectivity index (χ0n) is 11.3. The summed E-state index contributed by atoms with van der Waals surface area (Å²) in [5, 5.41) is 7.14. The quantitative estimate of drug-likeness (QED) is 0.635. The van der Waals surface area contributed by atoms with Gasteiger partial charge in [0.15, 0.2) is 5.11 Å². The first-order valence-electron chi connectivity index (χ1n) is 6.77. The summed E-state index contributed by atoms with van der Waals surface area (Å²) in [4.78, 5) is 0. The fourth-order valence-corrected chi connectivity index (χ4v) is 2.79. The van der Waals surface area contributed by atoms with Crippen LogP contribution in [-0.4, -0.2) is 10.7 Å². The molecule has 0 radical (unpaired) electrons. The molecule has 2 N–H and O–H groups in total. The maximum absolute atomic E-state index is 5.70. The van der Waals surface area contributed by atoms with Crippen molar-refractivity contribution in [3.05, 3.63) is 29.8 Å². The molecule has 0 saturated heterocycles. The molecule has 2 nitrogen and oxygen atoms in total. The summed E-state index contributed by atoms with van der Waals surface area (Å²) in [7, 11) is 0. The SMILES string of the molecule is C#CC1(NC(=S)Nc2ccc(C)cc2)CCCCC1. The number of nitrogens with one attached hydrogen (secondary N) is 2. The van der Waals surface area contributed by atoms with Gasteiger partial charge in [0, 0.05) is 5.69 Å². The molecule has 100 valence electrons. The summed E-state index contributed by atoms with van der Waals surface area (Å²) < 4.78 is 0. The van der Waals surface area contributed by atoms with Crippen LogP contribution in [0.4, 0.5) is 5.69 Å². The van der Waals surface area contributed by atoms with Crippen LogP contribution in [0.5, 0.6) is 0 Å². The van der Waals surface area contributed by atoms with E-state index in [1.165, 1.54) is 24.8 Å². The van der Waals surface area contributed by atoms with Gasteiger partial charge in [-0.3, -0.25) is 0 Å². The molecule has 3 heteroatoms. The Labute approximate surface area is 121 Å². The van der Waals surface area contributed by atoms with Crippen LogP contribution < -0.4 is 10.6 Å². The lowest BCUT2D eigenvalue weighted by Crippen LogP contribution is -2.50. The van der Waals surface area contributed by atoms with Crippen LogP contribution in [0.2, 0.25) is 0 Å². The Bertz CT molecular complexity index is 478. The van der Waals surface area contributed by atoms with Crippen LogP contribution in [0.15, 0.2) is 24.3 Å². The highest BCUT2D eigenvalue weighted by atomic mass is 32.1. The van der Waals surface area contributed by atoms with E-state index in [9.17, 15) is 0 Å². The van der Waals surface area contributed by atoms with E-state index in [2.05, 4.69) is 35.6 Å². The van der Waals surface area contributed by atoms with Gasteiger partial charge in [-0.25, -0.2) is 0 Å². The number of hydrogen-bond donors (Lipinski definition) is 2. The van der Waals surface area contributed by atoms with Crippen LogP contribution in [0, 0.1) is 19.3 Å². The molecule has 1 aliphatic rings. The number of anilines is 1. The van der Waals surface area contributed by atoms with Gasteiger partial charge in [-0.15, -0.1) is 6.42 Å². The summed E-state index contributed by atoms with van der Waals surface area (Å²) in [6.07, 6.45) is 11.3. The highest BCUT2D eigenvalue weighted by molar-refractivity contribution is 7.80. The molecule has 0 spiro atoms. The van der Waals surface area contributed by atoms with Crippen LogP contribution >= 0.6 is 12.2 Å². The molecule has 2 rings (SSSR count). The average Bonchev–Trinajstić information content (AvgIpc) is 2.42. The summed E-state index contributed by atoms with van der Waals surface area (Å²) in [6.45, 7) is 2.07. The molecular weight excluding hydrogens is 252 g/mol. The van der Waals surface area contributed by atoms with E-state index in [-0.39, 0.29) is 5.54 Å². The molecule has 0 aliphatic heterocycles. The van der Waals surface area contributed by atoms with Crippen molar-refractivity contribution in [1.29, 1.82) is 0 Å². The highest BCUT2D eigenvalue weighted by Gasteiger charge is 2.30. The van der Waals surface area contributed by atoms with Gasteiger partial charge in [0.05, 0.1) is 0 Å². The second-order valence-electron chi connectivity index (χ2n) is 5.23. The average molecular weight is 272 g/mol. The molecule has 0 unspecified atom stereocenters. The molecule has 1 fully saturated rings. The fourth-order valence-electron chi connectivity index (χ4n) is 2.48. The first-order valence-corrected chi connectivity index (χ1v) is 7.18. The third kappa shape index (κ3) is 3.71. The van der Waals surface area contributed by atoms with Gasteiger partial charge in [0.1, 0.15) is 5.54 Å². The van der Waals surface area contributed by atoms with Crippen molar-refractivity contribution in [3.8, 4) is 12.3 Å². The summed E-state index contributed by atoms with van der Waals surface area (Å²) in [5.41, 5.74) is 1.97. The van der Waals surface area contributed by atoms with Crippen molar-refractivity contribution in [2.24, 2.45) is 0 Å². The molecule has 1 aromatic rings. The van der Waals surface area contributed by atoms with Gasteiger partial charge < -0.3 is 10.6 Å². The monoisotopic (exact) mass is 272 g/mol. The van der Waals surface area contributed by atoms with Gasteiger partial charge in [-0.05, 0) is 44.1 Å². The van der Waals surface area contributed by atoms with E-state index in [0.717, 1.165) is 18.5 Å². The van der Waals surface area contributed by atoms with E-state index >= 15 is 0 Å². The molecule has 0 amide bonds. The number of benzene rings is 1. The Morgan fingerprint density at radius 1 is 1.21 bits per heavy atom. The number of aryl methyl sites for hydroxylation is 1. The molecule has 1 aromatic carbocycles. The molecule has 19 heavy (non-hydrogen) atoms. The summed E-state index contributed by atoms with van der Waals surface area (Å²) in [5.74, 6) is 2.90. The largest absolute Gasteiger partial charge is 0.346 e. The number of rotatable bonds is 2. The van der Waals surface area contributed by atoms with Gasteiger partial charge in [0.2, 0.25) is 0 Å². The van der Waals surface area contributed by atoms with Gasteiger partial charge in [0.25, 0.3) is 0 Å². The van der Waals surface area contributed by atoms with Gasteiger partial charge in [-0.2, -0.15) is 0 Å². The lowest BCUT2D eigenvalue weighted by atomic mass is 9.82. The summed E-state index contributed by atoms with van der Waals surface area (Å²) in [6, 6.07) is 8.16. The zero-order chi connectivity index (χ0) is 13.7. The van der Waals surface area contributed by atoms with Crippen molar-refractivity contribution in [2.75, 3.05) is 5.32 Å². The van der Waals surface area contributed by atoms with Crippen molar-refractivity contribution in [1.82, 2.24) is 5.32 Å². The lowest BCUT2D eigenvalue weighted by Gasteiger charge is -2.34. The second-order valence-corrected chi connectivity index (χ2v) is 5.64. The third-order valence-electron chi connectivity index (χ3n) is 3.65. The Balaban J connectivity index is 1.96. The number of thiocarbonyl (C=S) groups is 1. The summed E-state index contributed by atoms with van der Waals surface area (Å²) >= 11 is 5.37. The van der Waals surface area contributed by atoms with Crippen LogP contribution in [0.25, 0.3) is 0 Å². The molecule has 0 heterocycles. The minimum atomic E-state index is -0.257. The minimum absolute atomic E-state index is 0.257.